The van der Waals surface area contributed by atoms with E-state index in [0.717, 1.165) is 22.6 Å². The number of carbonyl (C=O) groups excluding carboxylic acids is 1. The van der Waals surface area contributed by atoms with Gasteiger partial charge >= 0.3 is 0 Å². The van der Waals surface area contributed by atoms with Crippen LogP contribution in [0.2, 0.25) is 0 Å². The number of ether oxygens (including phenoxy) is 2. The fourth-order valence-electron chi connectivity index (χ4n) is 2.63. The number of carbonyl (C=O) groups is 1. The van der Waals surface area contributed by atoms with Crippen molar-refractivity contribution in [3.63, 3.8) is 0 Å². The lowest BCUT2D eigenvalue weighted by molar-refractivity contribution is 0.0751. The number of hydrogen-bond acceptors (Lipinski definition) is 4. The van der Waals surface area contributed by atoms with Crippen molar-refractivity contribution >= 4 is 11.6 Å². The molecule has 1 aliphatic rings. The minimum absolute atomic E-state index is 0.0185. The van der Waals surface area contributed by atoms with Gasteiger partial charge in [-0.05, 0) is 49.2 Å². The number of fused-ring (bicyclic) bond motifs is 1. The molecule has 0 radical (unpaired) electrons. The Labute approximate surface area is 135 Å². The molecule has 1 heterocycles. The number of nitrogens with two attached hydrogens (primary N) is 1. The van der Waals surface area contributed by atoms with Crippen molar-refractivity contribution < 1.29 is 14.3 Å². The first kappa shape index (κ1) is 15.2. The molecule has 0 saturated carbocycles. The van der Waals surface area contributed by atoms with E-state index in [-0.39, 0.29) is 12.7 Å². The zero-order valence-electron chi connectivity index (χ0n) is 13.3. The van der Waals surface area contributed by atoms with Crippen molar-refractivity contribution in [3.8, 4) is 11.5 Å². The normalized spacial score (nSPS) is 12.3. The molecule has 1 amide bonds. The molecule has 0 saturated heterocycles. The molecule has 5 nitrogen and oxygen atoms in total. The molecule has 0 spiro atoms. The van der Waals surface area contributed by atoms with Crippen molar-refractivity contribution in [3.05, 3.63) is 53.1 Å². The highest BCUT2D eigenvalue weighted by molar-refractivity contribution is 5.96. The van der Waals surface area contributed by atoms with Crippen LogP contribution in [0.5, 0.6) is 11.5 Å². The van der Waals surface area contributed by atoms with E-state index >= 15 is 0 Å². The van der Waals surface area contributed by atoms with Gasteiger partial charge in [-0.25, -0.2) is 0 Å². The smallest absolute Gasteiger partial charge is 0.254 e. The predicted octanol–water partition coefficient (Wildman–Crippen LogP) is 2.97. The average molecular weight is 312 g/mol. The lowest BCUT2D eigenvalue weighted by atomic mass is 10.1. The van der Waals surface area contributed by atoms with Crippen LogP contribution in [0.25, 0.3) is 0 Å². The molecule has 0 aromatic heterocycles. The number of aryl methyl sites for hydroxylation is 1. The maximum atomic E-state index is 12.8. The van der Waals surface area contributed by atoms with E-state index in [1.54, 1.807) is 17.0 Å². The standard InChI is InChI=1S/C18H20N2O3/c1-3-20(18(21)15-9-14(19)6-4-12(15)2)10-13-5-7-16-17(8-13)23-11-22-16/h4-9H,3,10-11,19H2,1-2H3. The van der Waals surface area contributed by atoms with Gasteiger partial charge in [0.25, 0.3) is 5.91 Å². The van der Waals surface area contributed by atoms with Crippen LogP contribution in [0, 0.1) is 6.92 Å². The number of nitrogens with zero attached hydrogens (tertiary/aromatic N) is 1. The Morgan fingerprint density at radius 2 is 1.96 bits per heavy atom. The minimum Gasteiger partial charge on any atom is -0.454 e. The number of rotatable bonds is 4. The highest BCUT2D eigenvalue weighted by Crippen LogP contribution is 2.33. The average Bonchev–Trinajstić information content (AvgIpc) is 3.02. The van der Waals surface area contributed by atoms with Gasteiger partial charge in [-0.15, -0.1) is 0 Å². The Kier molecular flexibility index (Phi) is 4.10. The fraction of sp³-hybridized carbons (Fsp3) is 0.278. The maximum Gasteiger partial charge on any atom is 0.254 e. The van der Waals surface area contributed by atoms with Crippen LogP contribution >= 0.6 is 0 Å². The van der Waals surface area contributed by atoms with Crippen LogP contribution in [-0.2, 0) is 6.54 Å². The molecular weight excluding hydrogens is 292 g/mol. The topological polar surface area (TPSA) is 64.8 Å². The number of anilines is 1. The fourth-order valence-corrected chi connectivity index (χ4v) is 2.63. The van der Waals surface area contributed by atoms with E-state index in [2.05, 4.69) is 0 Å². The lowest BCUT2D eigenvalue weighted by Crippen LogP contribution is -2.30. The first-order valence-corrected chi connectivity index (χ1v) is 7.62. The van der Waals surface area contributed by atoms with Crippen LogP contribution in [0.1, 0.15) is 28.4 Å². The summed E-state index contributed by atoms with van der Waals surface area (Å²) in [6, 6.07) is 11.2. The van der Waals surface area contributed by atoms with Gasteiger partial charge < -0.3 is 20.1 Å². The number of benzene rings is 2. The van der Waals surface area contributed by atoms with Crippen molar-refractivity contribution in [1.29, 1.82) is 0 Å². The summed E-state index contributed by atoms with van der Waals surface area (Å²) in [5.41, 5.74) is 8.99. The second-order valence-corrected chi connectivity index (χ2v) is 5.58. The van der Waals surface area contributed by atoms with Crippen LogP contribution < -0.4 is 15.2 Å². The summed E-state index contributed by atoms with van der Waals surface area (Å²) in [7, 11) is 0. The third-order valence-corrected chi connectivity index (χ3v) is 3.97. The van der Waals surface area contributed by atoms with E-state index in [9.17, 15) is 4.79 Å². The molecule has 0 bridgehead atoms. The largest absolute Gasteiger partial charge is 0.454 e. The minimum atomic E-state index is -0.0185. The van der Waals surface area contributed by atoms with Gasteiger partial charge in [0.15, 0.2) is 11.5 Å². The third-order valence-electron chi connectivity index (χ3n) is 3.97. The Bertz CT molecular complexity index is 743. The van der Waals surface area contributed by atoms with Crippen LogP contribution in [-0.4, -0.2) is 24.1 Å². The SMILES string of the molecule is CCN(Cc1ccc2c(c1)OCO2)C(=O)c1cc(N)ccc1C. The molecule has 3 rings (SSSR count). The second-order valence-electron chi connectivity index (χ2n) is 5.58. The van der Waals surface area contributed by atoms with Crippen LogP contribution in [0.4, 0.5) is 5.69 Å². The zero-order chi connectivity index (χ0) is 16.4. The molecule has 5 heteroatoms. The van der Waals surface area contributed by atoms with Gasteiger partial charge in [-0.1, -0.05) is 12.1 Å². The molecule has 0 fully saturated rings. The molecule has 0 aliphatic carbocycles. The third kappa shape index (κ3) is 3.08. The van der Waals surface area contributed by atoms with Crippen LogP contribution in [0.15, 0.2) is 36.4 Å². The first-order chi connectivity index (χ1) is 11.1. The monoisotopic (exact) mass is 312 g/mol. The van der Waals surface area contributed by atoms with Crippen molar-refractivity contribution in [1.82, 2.24) is 4.90 Å². The summed E-state index contributed by atoms with van der Waals surface area (Å²) in [5, 5.41) is 0. The number of amides is 1. The summed E-state index contributed by atoms with van der Waals surface area (Å²) < 4.78 is 10.7. The quantitative estimate of drug-likeness (QED) is 0.882. The van der Waals surface area contributed by atoms with Crippen LogP contribution in [0.3, 0.4) is 0 Å². The van der Waals surface area contributed by atoms with Gasteiger partial charge in [-0.2, -0.15) is 0 Å². The van der Waals surface area contributed by atoms with E-state index in [1.165, 1.54) is 0 Å². The highest BCUT2D eigenvalue weighted by atomic mass is 16.7. The molecule has 0 unspecified atom stereocenters. The molecule has 2 N–H and O–H groups in total. The van der Waals surface area contributed by atoms with Gasteiger partial charge in [0.1, 0.15) is 0 Å². The second kappa shape index (κ2) is 6.20. The molecule has 23 heavy (non-hydrogen) atoms. The van der Waals surface area contributed by atoms with E-state index in [1.807, 2.05) is 38.1 Å². The van der Waals surface area contributed by atoms with Gasteiger partial charge in [0.2, 0.25) is 6.79 Å². The number of hydrogen-bond donors (Lipinski definition) is 1. The molecular formula is C18H20N2O3. The van der Waals surface area contributed by atoms with Crippen molar-refractivity contribution in [2.75, 3.05) is 19.1 Å². The van der Waals surface area contributed by atoms with Gasteiger partial charge in [-0.3, -0.25) is 4.79 Å². The summed E-state index contributed by atoms with van der Waals surface area (Å²) in [6.07, 6.45) is 0. The summed E-state index contributed by atoms with van der Waals surface area (Å²) in [6.45, 7) is 5.26. The molecule has 0 atom stereocenters. The Morgan fingerprint density at radius 3 is 2.74 bits per heavy atom. The molecule has 2 aromatic rings. The summed E-state index contributed by atoms with van der Waals surface area (Å²) >= 11 is 0. The van der Waals surface area contributed by atoms with Gasteiger partial charge in [0, 0.05) is 24.3 Å². The Morgan fingerprint density at radius 1 is 1.17 bits per heavy atom. The van der Waals surface area contributed by atoms with E-state index < -0.39 is 0 Å². The number of nitrogen functional groups attached to an aromatic ring is 1. The maximum absolute atomic E-state index is 12.8. The summed E-state index contributed by atoms with van der Waals surface area (Å²) in [5.74, 6) is 1.45. The predicted molar refractivity (Wildman–Crippen MR) is 88.6 cm³/mol. The first-order valence-electron chi connectivity index (χ1n) is 7.62. The molecule has 2 aromatic carbocycles. The Balaban J connectivity index is 1.82. The van der Waals surface area contributed by atoms with E-state index in [0.29, 0.717) is 24.3 Å². The Hall–Kier alpha value is -2.69. The van der Waals surface area contributed by atoms with Crippen molar-refractivity contribution in [2.45, 2.75) is 20.4 Å². The van der Waals surface area contributed by atoms with Gasteiger partial charge in [0.05, 0.1) is 0 Å². The van der Waals surface area contributed by atoms with E-state index in [4.69, 9.17) is 15.2 Å². The highest BCUT2D eigenvalue weighted by Gasteiger charge is 2.19. The van der Waals surface area contributed by atoms with Crippen molar-refractivity contribution in [2.24, 2.45) is 0 Å². The molecule has 120 valence electrons. The lowest BCUT2D eigenvalue weighted by Gasteiger charge is -2.22. The summed E-state index contributed by atoms with van der Waals surface area (Å²) in [4.78, 5) is 14.6. The molecule has 1 aliphatic heterocycles. The zero-order valence-corrected chi connectivity index (χ0v) is 13.3.